The fraction of sp³-hybridized carbons (Fsp3) is 0.364. The average Bonchev–Trinajstić information content (AvgIpc) is 3.14. The highest BCUT2D eigenvalue weighted by molar-refractivity contribution is 5.84. The van der Waals surface area contributed by atoms with Crippen LogP contribution < -0.4 is 4.90 Å². The molecule has 0 bridgehead atoms. The molecule has 2 fully saturated rings. The molecule has 3 aliphatic rings. The van der Waals surface area contributed by atoms with Crippen LogP contribution in [0, 0.1) is 0 Å². The molecule has 1 saturated heterocycles. The molecule has 0 radical (unpaired) electrons. The summed E-state index contributed by atoms with van der Waals surface area (Å²) >= 11 is 0. The van der Waals surface area contributed by atoms with Crippen molar-refractivity contribution in [2.75, 3.05) is 18.0 Å². The lowest BCUT2D eigenvalue weighted by Gasteiger charge is -2.10. The Morgan fingerprint density at radius 1 is 1.04 bits per heavy atom. The third-order valence-corrected chi connectivity index (χ3v) is 5.89. The van der Waals surface area contributed by atoms with Gasteiger partial charge in [-0.3, -0.25) is 4.98 Å². The highest BCUT2D eigenvalue weighted by Gasteiger charge is 2.27. The lowest BCUT2D eigenvalue weighted by atomic mass is 10.0. The number of hydrogen-bond donors (Lipinski definition) is 0. The van der Waals surface area contributed by atoms with E-state index in [4.69, 9.17) is 9.40 Å². The second kappa shape index (κ2) is 6.26. The van der Waals surface area contributed by atoms with Crippen LogP contribution in [0.5, 0.6) is 0 Å². The molecule has 0 spiro atoms. The van der Waals surface area contributed by atoms with Crippen molar-refractivity contribution in [3.63, 3.8) is 0 Å². The molecule has 1 saturated carbocycles. The van der Waals surface area contributed by atoms with Gasteiger partial charge in [0.2, 0.25) is 5.89 Å². The number of benzene rings is 1. The van der Waals surface area contributed by atoms with Crippen LogP contribution in [0.15, 0.2) is 41.1 Å². The standard InChI is InChI=1S/C22H21N5O/c1-2-10-27(9-1)22-26-25-21(28-22)16-6-3-14-7-8-17(18(14)11-16)20-13-23-12-19(24-20)15-4-5-15/h3,6,8,11-13,15H,1-2,4-5,7,9-10H2. The van der Waals surface area contributed by atoms with E-state index in [1.54, 1.807) is 0 Å². The average molecular weight is 371 g/mol. The first-order chi connectivity index (χ1) is 13.8. The van der Waals surface area contributed by atoms with E-state index >= 15 is 0 Å². The Hall–Kier alpha value is -3.02. The van der Waals surface area contributed by atoms with E-state index in [2.05, 4.69) is 44.4 Å². The van der Waals surface area contributed by atoms with E-state index in [0.717, 1.165) is 42.0 Å². The molecular weight excluding hydrogens is 350 g/mol. The van der Waals surface area contributed by atoms with E-state index in [-0.39, 0.29) is 0 Å². The van der Waals surface area contributed by atoms with Crippen LogP contribution in [-0.4, -0.2) is 33.3 Å². The molecule has 28 heavy (non-hydrogen) atoms. The van der Waals surface area contributed by atoms with Crippen molar-refractivity contribution in [1.82, 2.24) is 20.2 Å². The summed E-state index contributed by atoms with van der Waals surface area (Å²) in [6, 6.07) is 7.02. The first-order valence-electron chi connectivity index (χ1n) is 10.1. The van der Waals surface area contributed by atoms with E-state index in [1.807, 2.05) is 12.4 Å². The van der Waals surface area contributed by atoms with Crippen molar-refractivity contribution >= 4 is 11.6 Å². The lowest BCUT2D eigenvalue weighted by Crippen LogP contribution is -2.17. The summed E-state index contributed by atoms with van der Waals surface area (Å²) < 4.78 is 5.97. The van der Waals surface area contributed by atoms with Gasteiger partial charge in [0.25, 0.3) is 0 Å². The summed E-state index contributed by atoms with van der Waals surface area (Å²) in [5.41, 5.74) is 6.69. The Morgan fingerprint density at radius 2 is 1.93 bits per heavy atom. The van der Waals surface area contributed by atoms with Gasteiger partial charge in [-0.1, -0.05) is 17.2 Å². The zero-order chi connectivity index (χ0) is 18.5. The zero-order valence-electron chi connectivity index (χ0n) is 15.6. The quantitative estimate of drug-likeness (QED) is 0.691. The van der Waals surface area contributed by atoms with Crippen molar-refractivity contribution in [3.05, 3.63) is 59.2 Å². The molecule has 0 unspecified atom stereocenters. The summed E-state index contributed by atoms with van der Waals surface area (Å²) in [6.45, 7) is 1.99. The first kappa shape index (κ1) is 16.0. The summed E-state index contributed by atoms with van der Waals surface area (Å²) in [7, 11) is 0. The van der Waals surface area contributed by atoms with Gasteiger partial charge in [-0.15, -0.1) is 5.10 Å². The zero-order valence-corrected chi connectivity index (χ0v) is 15.6. The maximum Gasteiger partial charge on any atom is 0.318 e. The predicted octanol–water partition coefficient (Wildman–Crippen LogP) is 3.99. The van der Waals surface area contributed by atoms with Crippen molar-refractivity contribution in [2.45, 2.75) is 38.0 Å². The topological polar surface area (TPSA) is 67.9 Å². The number of hydrogen-bond acceptors (Lipinski definition) is 6. The van der Waals surface area contributed by atoms with Crippen LogP contribution in [0.3, 0.4) is 0 Å². The molecule has 140 valence electrons. The van der Waals surface area contributed by atoms with Crippen LogP contribution >= 0.6 is 0 Å². The molecule has 0 amide bonds. The van der Waals surface area contributed by atoms with Gasteiger partial charge in [-0.2, -0.15) is 0 Å². The molecule has 6 rings (SSSR count). The molecule has 2 aliphatic carbocycles. The number of fused-ring (bicyclic) bond motifs is 1. The minimum Gasteiger partial charge on any atom is -0.403 e. The predicted molar refractivity (Wildman–Crippen MR) is 106 cm³/mol. The van der Waals surface area contributed by atoms with Crippen LogP contribution in [0.25, 0.3) is 17.0 Å². The smallest absolute Gasteiger partial charge is 0.318 e. The molecule has 6 nitrogen and oxygen atoms in total. The minimum atomic E-state index is 0.578. The van der Waals surface area contributed by atoms with Crippen LogP contribution in [0.2, 0.25) is 0 Å². The van der Waals surface area contributed by atoms with Gasteiger partial charge in [0.05, 0.1) is 17.6 Å². The Labute approximate surface area is 163 Å². The third-order valence-electron chi connectivity index (χ3n) is 5.89. The summed E-state index contributed by atoms with van der Waals surface area (Å²) in [6.07, 6.45) is 11.8. The highest BCUT2D eigenvalue weighted by Crippen LogP contribution is 2.40. The van der Waals surface area contributed by atoms with Crippen LogP contribution in [-0.2, 0) is 6.42 Å². The molecule has 1 aromatic carbocycles. The molecular formula is C22H21N5O. The monoisotopic (exact) mass is 371 g/mol. The molecule has 2 aromatic heterocycles. The molecule has 6 heteroatoms. The second-order valence-corrected chi connectivity index (χ2v) is 7.88. The van der Waals surface area contributed by atoms with Crippen molar-refractivity contribution in [1.29, 1.82) is 0 Å². The van der Waals surface area contributed by atoms with Gasteiger partial charge in [-0.25, -0.2) is 4.98 Å². The fourth-order valence-electron chi connectivity index (χ4n) is 4.16. The van der Waals surface area contributed by atoms with Crippen molar-refractivity contribution < 1.29 is 4.42 Å². The molecule has 0 N–H and O–H groups in total. The second-order valence-electron chi connectivity index (χ2n) is 7.88. The Bertz CT molecular complexity index is 1080. The normalized spacial score (nSPS) is 18.4. The van der Waals surface area contributed by atoms with Gasteiger partial charge in [0.1, 0.15) is 0 Å². The molecule has 0 atom stereocenters. The third kappa shape index (κ3) is 2.71. The Balaban J connectivity index is 1.34. The summed E-state index contributed by atoms with van der Waals surface area (Å²) in [4.78, 5) is 11.5. The van der Waals surface area contributed by atoms with Gasteiger partial charge in [-0.05, 0) is 55.4 Å². The van der Waals surface area contributed by atoms with Crippen molar-refractivity contribution in [2.24, 2.45) is 0 Å². The van der Waals surface area contributed by atoms with Crippen LogP contribution in [0.4, 0.5) is 6.01 Å². The molecule has 3 heterocycles. The largest absolute Gasteiger partial charge is 0.403 e. The van der Waals surface area contributed by atoms with Crippen molar-refractivity contribution in [3.8, 4) is 11.5 Å². The molecule has 3 aromatic rings. The number of nitrogens with zero attached hydrogens (tertiary/aromatic N) is 5. The number of anilines is 1. The number of aromatic nitrogens is 4. The number of rotatable bonds is 4. The van der Waals surface area contributed by atoms with E-state index in [9.17, 15) is 0 Å². The van der Waals surface area contributed by atoms with Gasteiger partial charge >= 0.3 is 6.01 Å². The maximum atomic E-state index is 5.97. The van der Waals surface area contributed by atoms with Gasteiger partial charge in [0.15, 0.2) is 0 Å². The van der Waals surface area contributed by atoms with Crippen LogP contribution in [0.1, 0.15) is 54.1 Å². The SMILES string of the molecule is C1=C(c2cncc(C3CC3)n2)c2cc(-c3nnc(N4CCCC4)o3)ccc2C1. The Kier molecular flexibility index (Phi) is 3.57. The van der Waals surface area contributed by atoms with E-state index in [1.165, 1.54) is 36.8 Å². The fourth-order valence-corrected chi connectivity index (χ4v) is 4.16. The molecule has 1 aliphatic heterocycles. The lowest BCUT2D eigenvalue weighted by molar-refractivity contribution is 0.557. The highest BCUT2D eigenvalue weighted by atomic mass is 16.4. The summed E-state index contributed by atoms with van der Waals surface area (Å²) in [5.74, 6) is 1.18. The van der Waals surface area contributed by atoms with E-state index in [0.29, 0.717) is 17.8 Å². The van der Waals surface area contributed by atoms with Gasteiger partial charge in [0, 0.05) is 36.3 Å². The minimum absolute atomic E-state index is 0.578. The Morgan fingerprint density at radius 3 is 2.79 bits per heavy atom. The summed E-state index contributed by atoms with van der Waals surface area (Å²) in [5, 5.41) is 8.55. The number of allylic oxidation sites excluding steroid dienone is 1. The first-order valence-corrected chi connectivity index (χ1v) is 10.1. The maximum absolute atomic E-state index is 5.97. The van der Waals surface area contributed by atoms with E-state index < -0.39 is 0 Å². The van der Waals surface area contributed by atoms with Gasteiger partial charge < -0.3 is 9.32 Å².